The molecule has 190 valence electrons. The molecule has 36 heavy (non-hydrogen) atoms. The number of carbonyl (C=O) groups excluding carboxylic acids is 2. The van der Waals surface area contributed by atoms with Gasteiger partial charge in [0.05, 0.1) is 12.1 Å². The van der Waals surface area contributed by atoms with Crippen LogP contribution in [-0.2, 0) is 11.0 Å². The minimum absolute atomic E-state index is 0.0974. The summed E-state index contributed by atoms with van der Waals surface area (Å²) in [5.74, 6) is -0.762. The number of nitrogens with two attached hydrogens (primary N) is 1. The molecule has 0 unspecified atom stereocenters. The van der Waals surface area contributed by atoms with Crippen LogP contribution in [0.4, 0.5) is 13.2 Å². The van der Waals surface area contributed by atoms with Crippen LogP contribution in [-0.4, -0.2) is 29.6 Å². The summed E-state index contributed by atoms with van der Waals surface area (Å²) in [4.78, 5) is 23.1. The van der Waals surface area contributed by atoms with E-state index in [9.17, 15) is 27.9 Å². The Morgan fingerprint density at radius 1 is 0.917 bits per heavy atom. The second-order valence-corrected chi connectivity index (χ2v) is 8.63. The van der Waals surface area contributed by atoms with Crippen LogP contribution >= 0.6 is 0 Å². The minimum atomic E-state index is -4.38. The average Bonchev–Trinajstić information content (AvgIpc) is 2.85. The quantitative estimate of drug-likeness (QED) is 0.396. The van der Waals surface area contributed by atoms with Crippen LogP contribution in [0.3, 0.4) is 0 Å². The molecule has 0 saturated carbocycles. The number of aliphatic hydroxyl groups is 1. The Labute approximate surface area is 206 Å². The van der Waals surface area contributed by atoms with Gasteiger partial charge in [-0.15, -0.1) is 0 Å². The second-order valence-electron chi connectivity index (χ2n) is 8.63. The minimum Gasteiger partial charge on any atom is -0.485 e. The molecule has 0 saturated heterocycles. The molecular weight excluding hydrogens is 473 g/mol. The Morgan fingerprint density at radius 2 is 1.44 bits per heavy atom. The molecule has 0 radical (unpaired) electrons. The SMILES string of the molecule is CC(C)[C@H](Oc1ccc(C(=O)NC[C@H](O)C(N)=O)cc1)c1ccc(-c2ccc(C(F)(F)F)cc2)cc1. The van der Waals surface area contributed by atoms with E-state index in [1.54, 1.807) is 24.3 Å². The van der Waals surface area contributed by atoms with Crippen LogP contribution in [0.5, 0.6) is 5.75 Å². The van der Waals surface area contributed by atoms with Gasteiger partial charge in [-0.1, -0.05) is 50.2 Å². The summed E-state index contributed by atoms with van der Waals surface area (Å²) >= 11 is 0. The Balaban J connectivity index is 1.68. The van der Waals surface area contributed by atoms with Crippen molar-refractivity contribution in [3.8, 4) is 16.9 Å². The number of carbonyl (C=O) groups is 2. The highest BCUT2D eigenvalue weighted by molar-refractivity contribution is 5.94. The maximum absolute atomic E-state index is 12.8. The highest BCUT2D eigenvalue weighted by Gasteiger charge is 2.30. The lowest BCUT2D eigenvalue weighted by molar-refractivity contribution is -0.137. The molecule has 0 bridgehead atoms. The molecule has 0 heterocycles. The van der Waals surface area contributed by atoms with Crippen LogP contribution in [0.2, 0.25) is 0 Å². The summed E-state index contributed by atoms with van der Waals surface area (Å²) in [5.41, 5.74) is 6.94. The summed E-state index contributed by atoms with van der Waals surface area (Å²) in [6, 6.07) is 18.9. The van der Waals surface area contributed by atoms with Gasteiger partial charge >= 0.3 is 6.18 Å². The van der Waals surface area contributed by atoms with Crippen LogP contribution < -0.4 is 15.8 Å². The predicted octanol–water partition coefficient (Wildman–Crippen LogP) is 4.72. The second kappa shape index (κ2) is 11.3. The maximum atomic E-state index is 12.8. The number of halogens is 3. The van der Waals surface area contributed by atoms with Crippen molar-refractivity contribution in [2.24, 2.45) is 11.7 Å². The smallest absolute Gasteiger partial charge is 0.416 e. The van der Waals surface area contributed by atoms with Crippen molar-refractivity contribution in [1.29, 1.82) is 0 Å². The first-order valence-electron chi connectivity index (χ1n) is 11.3. The van der Waals surface area contributed by atoms with E-state index in [-0.39, 0.29) is 18.6 Å². The van der Waals surface area contributed by atoms with Gasteiger partial charge in [0.1, 0.15) is 18.0 Å². The molecule has 9 heteroatoms. The molecule has 2 amide bonds. The number of rotatable bonds is 9. The topological polar surface area (TPSA) is 102 Å². The van der Waals surface area contributed by atoms with Gasteiger partial charge < -0.3 is 20.9 Å². The highest BCUT2D eigenvalue weighted by Crippen LogP contribution is 2.33. The summed E-state index contributed by atoms with van der Waals surface area (Å²) in [6.07, 6.45) is -6.15. The number of hydrogen-bond donors (Lipinski definition) is 3. The average molecular weight is 501 g/mol. The van der Waals surface area contributed by atoms with E-state index in [1.165, 1.54) is 12.1 Å². The van der Waals surface area contributed by atoms with Crippen molar-refractivity contribution < 1.29 is 32.6 Å². The molecule has 3 aromatic carbocycles. The molecule has 0 aromatic heterocycles. The van der Waals surface area contributed by atoms with Crippen molar-refractivity contribution in [2.75, 3.05) is 6.54 Å². The fourth-order valence-electron chi connectivity index (χ4n) is 3.53. The van der Waals surface area contributed by atoms with Crippen LogP contribution in [0.1, 0.15) is 41.4 Å². The molecule has 2 atom stereocenters. The number of nitrogens with one attached hydrogen (secondary N) is 1. The molecule has 3 aromatic rings. The largest absolute Gasteiger partial charge is 0.485 e. The van der Waals surface area contributed by atoms with Gasteiger partial charge in [-0.2, -0.15) is 13.2 Å². The van der Waals surface area contributed by atoms with Crippen molar-refractivity contribution in [3.05, 3.63) is 89.5 Å². The molecule has 0 aliphatic carbocycles. The Hall–Kier alpha value is -3.85. The molecule has 0 fully saturated rings. The zero-order chi connectivity index (χ0) is 26.5. The van der Waals surface area contributed by atoms with Gasteiger partial charge in [0.25, 0.3) is 5.91 Å². The maximum Gasteiger partial charge on any atom is 0.416 e. The summed E-state index contributed by atoms with van der Waals surface area (Å²) < 4.78 is 44.6. The Bertz CT molecular complexity index is 1180. The standard InChI is InChI=1S/C27H27F3N2O4/c1-16(2)24(36-22-13-9-20(10-14-22)26(35)32-15-23(33)25(31)34)19-5-3-17(4-6-19)18-7-11-21(12-8-18)27(28,29)30/h3-14,16,23-24,33H,15H2,1-2H3,(H2,31,34)(H,32,35)/t23-,24-/m0/s1. The third-order valence-corrected chi connectivity index (χ3v) is 5.55. The first kappa shape index (κ1) is 26.7. The number of aliphatic hydroxyl groups excluding tert-OH is 1. The lowest BCUT2D eigenvalue weighted by atomic mass is 9.96. The number of benzene rings is 3. The zero-order valence-corrected chi connectivity index (χ0v) is 19.8. The van der Waals surface area contributed by atoms with Crippen LogP contribution in [0.25, 0.3) is 11.1 Å². The first-order valence-corrected chi connectivity index (χ1v) is 11.3. The zero-order valence-electron chi connectivity index (χ0n) is 19.8. The normalized spacial score (nSPS) is 13.2. The lowest BCUT2D eigenvalue weighted by Crippen LogP contribution is -2.39. The van der Waals surface area contributed by atoms with Gasteiger partial charge in [-0.05, 0) is 59.0 Å². The number of primary amides is 1. The Morgan fingerprint density at radius 3 is 1.92 bits per heavy atom. The fraction of sp³-hybridized carbons (Fsp3) is 0.259. The predicted molar refractivity (Wildman–Crippen MR) is 129 cm³/mol. The molecule has 0 aliphatic heterocycles. The van der Waals surface area contributed by atoms with Gasteiger partial charge in [-0.25, -0.2) is 0 Å². The van der Waals surface area contributed by atoms with Gasteiger partial charge in [0.2, 0.25) is 5.91 Å². The summed E-state index contributed by atoms with van der Waals surface area (Å²) in [5, 5.41) is 11.8. The van der Waals surface area contributed by atoms with Gasteiger partial charge in [-0.3, -0.25) is 9.59 Å². The third-order valence-electron chi connectivity index (χ3n) is 5.55. The summed E-state index contributed by atoms with van der Waals surface area (Å²) in [6.45, 7) is 3.71. The highest BCUT2D eigenvalue weighted by atomic mass is 19.4. The van der Waals surface area contributed by atoms with Gasteiger partial charge in [0, 0.05) is 5.56 Å². The summed E-state index contributed by atoms with van der Waals surface area (Å²) in [7, 11) is 0. The van der Waals surface area contributed by atoms with E-state index < -0.39 is 29.7 Å². The molecule has 3 rings (SSSR count). The number of ether oxygens (including phenoxy) is 1. The number of alkyl halides is 3. The number of hydrogen-bond acceptors (Lipinski definition) is 4. The van der Waals surface area contributed by atoms with E-state index in [4.69, 9.17) is 10.5 Å². The number of amides is 2. The van der Waals surface area contributed by atoms with E-state index >= 15 is 0 Å². The molecule has 6 nitrogen and oxygen atoms in total. The van der Waals surface area contributed by atoms with Crippen molar-refractivity contribution in [1.82, 2.24) is 5.32 Å². The first-order chi connectivity index (χ1) is 17.0. The van der Waals surface area contributed by atoms with E-state index in [0.29, 0.717) is 16.9 Å². The van der Waals surface area contributed by atoms with E-state index in [1.807, 2.05) is 38.1 Å². The van der Waals surface area contributed by atoms with Gasteiger partial charge in [0.15, 0.2) is 0 Å². The molecule has 0 aliphatic rings. The van der Waals surface area contributed by atoms with Crippen molar-refractivity contribution >= 4 is 11.8 Å². The fourth-order valence-corrected chi connectivity index (χ4v) is 3.53. The van der Waals surface area contributed by atoms with Crippen molar-refractivity contribution in [3.63, 3.8) is 0 Å². The van der Waals surface area contributed by atoms with Crippen LogP contribution in [0.15, 0.2) is 72.8 Å². The van der Waals surface area contributed by atoms with E-state index in [2.05, 4.69) is 5.32 Å². The van der Waals surface area contributed by atoms with Crippen LogP contribution in [0, 0.1) is 5.92 Å². The molecule has 0 spiro atoms. The Kier molecular flexibility index (Phi) is 8.37. The van der Waals surface area contributed by atoms with E-state index in [0.717, 1.165) is 23.3 Å². The third kappa shape index (κ3) is 6.85. The van der Waals surface area contributed by atoms with Crippen molar-refractivity contribution in [2.45, 2.75) is 32.2 Å². The molecule has 4 N–H and O–H groups in total. The monoisotopic (exact) mass is 500 g/mol. The molecular formula is C27H27F3N2O4. The lowest BCUT2D eigenvalue weighted by Gasteiger charge is -2.23.